The Bertz CT molecular complexity index is 385. The molecule has 0 aromatic heterocycles. The summed E-state index contributed by atoms with van der Waals surface area (Å²) in [6, 6.07) is 3.85. The van der Waals surface area contributed by atoms with Gasteiger partial charge in [-0.1, -0.05) is 6.07 Å². The van der Waals surface area contributed by atoms with Gasteiger partial charge in [0.25, 0.3) is 0 Å². The van der Waals surface area contributed by atoms with Crippen molar-refractivity contribution >= 4 is 5.69 Å². The third-order valence-electron chi connectivity index (χ3n) is 1.87. The van der Waals surface area contributed by atoms with Crippen LogP contribution in [0.5, 0.6) is 0 Å². The van der Waals surface area contributed by atoms with E-state index in [0.29, 0.717) is 12.0 Å². The van der Waals surface area contributed by atoms with E-state index in [1.165, 1.54) is 6.07 Å². The van der Waals surface area contributed by atoms with Crippen molar-refractivity contribution in [3.05, 3.63) is 39.7 Å². The van der Waals surface area contributed by atoms with E-state index in [2.05, 4.69) is 0 Å². The summed E-state index contributed by atoms with van der Waals surface area (Å²) in [7, 11) is 0. The van der Waals surface area contributed by atoms with Crippen molar-refractivity contribution in [1.82, 2.24) is 0 Å². The first-order chi connectivity index (χ1) is 6.79. The van der Waals surface area contributed by atoms with Crippen LogP contribution in [0, 0.1) is 15.9 Å². The summed E-state index contributed by atoms with van der Waals surface area (Å²) in [5.41, 5.74) is 5.46. The van der Waals surface area contributed by atoms with Gasteiger partial charge >= 0.3 is 5.69 Å². The molecule has 0 atom stereocenters. The highest BCUT2D eigenvalue weighted by Crippen LogP contribution is 2.20. The van der Waals surface area contributed by atoms with E-state index in [0.717, 1.165) is 12.1 Å². The fourth-order valence-corrected chi connectivity index (χ4v) is 1.33. The summed E-state index contributed by atoms with van der Waals surface area (Å²) in [4.78, 5) is 9.62. The second kappa shape index (κ2) is 3.94. The van der Waals surface area contributed by atoms with Crippen LogP contribution >= 0.6 is 0 Å². The zero-order valence-corrected chi connectivity index (χ0v) is 8.66. The van der Waals surface area contributed by atoms with Crippen molar-refractivity contribution in [1.29, 1.82) is 0 Å². The summed E-state index contributed by atoms with van der Waals surface area (Å²) in [5.74, 6) is -0.818. The van der Waals surface area contributed by atoms with Crippen LogP contribution in [-0.4, -0.2) is 10.5 Å². The lowest BCUT2D eigenvalue weighted by atomic mass is 9.96. The maximum Gasteiger partial charge on any atom is 0.304 e. The van der Waals surface area contributed by atoms with Crippen LogP contribution in [0.3, 0.4) is 0 Å². The van der Waals surface area contributed by atoms with E-state index in [1.807, 2.05) is 13.8 Å². The largest absolute Gasteiger partial charge is 0.325 e. The van der Waals surface area contributed by atoms with Crippen molar-refractivity contribution in [2.75, 3.05) is 0 Å². The van der Waals surface area contributed by atoms with Crippen LogP contribution in [0.1, 0.15) is 19.4 Å². The first-order valence-corrected chi connectivity index (χ1v) is 4.51. The molecule has 2 N–H and O–H groups in total. The third-order valence-corrected chi connectivity index (χ3v) is 1.87. The molecule has 1 rings (SSSR count). The van der Waals surface area contributed by atoms with Gasteiger partial charge in [-0.15, -0.1) is 0 Å². The van der Waals surface area contributed by atoms with Crippen LogP contribution in [0.25, 0.3) is 0 Å². The fourth-order valence-electron chi connectivity index (χ4n) is 1.33. The quantitative estimate of drug-likeness (QED) is 0.615. The van der Waals surface area contributed by atoms with Crippen LogP contribution in [0.2, 0.25) is 0 Å². The van der Waals surface area contributed by atoms with Crippen molar-refractivity contribution in [3.63, 3.8) is 0 Å². The van der Waals surface area contributed by atoms with Crippen LogP contribution in [0.15, 0.2) is 18.2 Å². The lowest BCUT2D eigenvalue weighted by Crippen LogP contribution is -2.34. The maximum absolute atomic E-state index is 13.2. The Kier molecular flexibility index (Phi) is 3.04. The summed E-state index contributed by atoms with van der Waals surface area (Å²) in [5, 5.41) is 10.4. The number of halogens is 1. The van der Waals surface area contributed by atoms with E-state index >= 15 is 0 Å². The second-order valence-electron chi connectivity index (χ2n) is 4.21. The Hall–Kier alpha value is -1.49. The first-order valence-electron chi connectivity index (χ1n) is 4.51. The SMILES string of the molecule is CC(C)(N)Cc1ccc([N+](=O)[O-])c(F)c1. The normalized spacial score (nSPS) is 11.5. The van der Waals surface area contributed by atoms with Crippen molar-refractivity contribution in [2.45, 2.75) is 25.8 Å². The van der Waals surface area contributed by atoms with Crippen molar-refractivity contribution in [3.8, 4) is 0 Å². The molecule has 5 heteroatoms. The predicted octanol–water partition coefficient (Wildman–Crippen LogP) is 2.01. The van der Waals surface area contributed by atoms with Crippen molar-refractivity contribution in [2.24, 2.45) is 5.73 Å². The zero-order chi connectivity index (χ0) is 11.6. The fraction of sp³-hybridized carbons (Fsp3) is 0.400. The highest BCUT2D eigenvalue weighted by molar-refractivity contribution is 5.35. The van der Waals surface area contributed by atoms with E-state index in [1.54, 1.807) is 0 Å². The smallest absolute Gasteiger partial charge is 0.304 e. The number of nitro groups is 1. The molecule has 0 saturated heterocycles. The Morgan fingerprint density at radius 3 is 2.53 bits per heavy atom. The average Bonchev–Trinajstić information content (AvgIpc) is 1.99. The Balaban J connectivity index is 2.97. The molecule has 1 aromatic rings. The molecule has 0 aliphatic heterocycles. The van der Waals surface area contributed by atoms with Crippen LogP contribution in [0.4, 0.5) is 10.1 Å². The standard InChI is InChI=1S/C10H13FN2O2/c1-10(2,12)6-7-3-4-9(13(14)15)8(11)5-7/h3-5H,6,12H2,1-2H3. The number of hydrogen-bond donors (Lipinski definition) is 1. The number of nitrogens with two attached hydrogens (primary N) is 1. The summed E-state index contributed by atoms with van der Waals surface area (Å²) in [6.07, 6.45) is 0.474. The van der Waals surface area contributed by atoms with Gasteiger partial charge in [0.1, 0.15) is 0 Å². The summed E-state index contributed by atoms with van der Waals surface area (Å²) < 4.78 is 13.2. The monoisotopic (exact) mass is 212 g/mol. The lowest BCUT2D eigenvalue weighted by Gasteiger charge is -2.18. The molecule has 0 fully saturated rings. The molecular formula is C10H13FN2O2. The number of nitro benzene ring substituents is 1. The molecule has 0 aliphatic rings. The molecule has 82 valence electrons. The first kappa shape index (κ1) is 11.6. The highest BCUT2D eigenvalue weighted by atomic mass is 19.1. The van der Waals surface area contributed by atoms with Gasteiger partial charge < -0.3 is 5.73 Å². The molecule has 0 saturated carbocycles. The van der Waals surface area contributed by atoms with Crippen LogP contribution < -0.4 is 5.73 Å². The Labute approximate surface area is 87.0 Å². The average molecular weight is 212 g/mol. The molecule has 0 heterocycles. The van der Waals surface area contributed by atoms with E-state index in [4.69, 9.17) is 5.73 Å². The van der Waals surface area contributed by atoms with Gasteiger partial charge in [-0.05, 0) is 31.9 Å². The minimum absolute atomic E-state index is 0.456. The number of benzene rings is 1. The van der Waals surface area contributed by atoms with Gasteiger partial charge in [0.2, 0.25) is 5.82 Å². The number of rotatable bonds is 3. The summed E-state index contributed by atoms with van der Waals surface area (Å²) in [6.45, 7) is 3.62. The van der Waals surface area contributed by atoms with Gasteiger partial charge in [-0.3, -0.25) is 10.1 Å². The van der Waals surface area contributed by atoms with E-state index in [-0.39, 0.29) is 0 Å². The minimum atomic E-state index is -0.818. The second-order valence-corrected chi connectivity index (χ2v) is 4.21. The molecule has 1 aromatic carbocycles. The summed E-state index contributed by atoms with van der Waals surface area (Å²) >= 11 is 0. The van der Waals surface area contributed by atoms with Gasteiger partial charge in [0.05, 0.1) is 4.92 Å². The molecule has 0 amide bonds. The topological polar surface area (TPSA) is 69.2 Å². The van der Waals surface area contributed by atoms with Gasteiger partial charge in [0.15, 0.2) is 0 Å². The maximum atomic E-state index is 13.2. The minimum Gasteiger partial charge on any atom is -0.325 e. The Morgan fingerprint density at radius 2 is 2.13 bits per heavy atom. The van der Waals surface area contributed by atoms with Crippen LogP contribution in [-0.2, 0) is 6.42 Å². The molecule has 0 unspecified atom stereocenters. The van der Waals surface area contributed by atoms with E-state index in [9.17, 15) is 14.5 Å². The number of nitrogens with zero attached hydrogens (tertiary/aromatic N) is 1. The lowest BCUT2D eigenvalue weighted by molar-refractivity contribution is -0.387. The molecule has 0 aliphatic carbocycles. The molecular weight excluding hydrogens is 199 g/mol. The van der Waals surface area contributed by atoms with Crippen molar-refractivity contribution < 1.29 is 9.31 Å². The highest BCUT2D eigenvalue weighted by Gasteiger charge is 2.17. The Morgan fingerprint density at radius 1 is 1.53 bits per heavy atom. The molecule has 0 spiro atoms. The zero-order valence-electron chi connectivity index (χ0n) is 8.66. The van der Waals surface area contributed by atoms with Gasteiger partial charge in [0, 0.05) is 11.6 Å². The molecule has 0 bridgehead atoms. The van der Waals surface area contributed by atoms with Gasteiger partial charge in [-0.2, -0.15) is 4.39 Å². The molecule has 15 heavy (non-hydrogen) atoms. The van der Waals surface area contributed by atoms with Gasteiger partial charge in [-0.25, -0.2) is 0 Å². The third kappa shape index (κ3) is 3.28. The number of hydrogen-bond acceptors (Lipinski definition) is 3. The molecule has 0 radical (unpaired) electrons. The van der Waals surface area contributed by atoms with E-state index < -0.39 is 22.0 Å². The predicted molar refractivity (Wildman–Crippen MR) is 55.0 cm³/mol. The molecule has 4 nitrogen and oxygen atoms in total.